The zero-order chi connectivity index (χ0) is 8.20. The molecule has 2 N–H and O–H groups in total. The Kier molecular flexibility index (Phi) is 4.60. The van der Waals surface area contributed by atoms with Crippen LogP contribution in [0, 0.1) is 5.92 Å². The lowest BCUT2D eigenvalue weighted by atomic mass is 10.2. The lowest BCUT2D eigenvalue weighted by Crippen LogP contribution is -2.01. The van der Waals surface area contributed by atoms with Crippen LogP contribution in [0.15, 0.2) is 0 Å². The molecule has 6 heteroatoms. The van der Waals surface area contributed by atoms with Crippen LogP contribution in [0.1, 0.15) is 13.8 Å². The van der Waals surface area contributed by atoms with E-state index in [9.17, 15) is 0 Å². The second-order valence-corrected chi connectivity index (χ2v) is 4.80. The SMILES string of the molecule is CC(C)COOP(O)(O)=S. The predicted molar refractivity (Wildman–Crippen MR) is 40.6 cm³/mol. The first-order valence-corrected chi connectivity index (χ1v) is 5.41. The predicted octanol–water partition coefficient (Wildman–Crippen LogP) is 0.800. The lowest BCUT2D eigenvalue weighted by molar-refractivity contribution is -0.221. The highest BCUT2D eigenvalue weighted by molar-refractivity contribution is 8.06. The molecule has 62 valence electrons. The molecule has 0 saturated carbocycles. The van der Waals surface area contributed by atoms with Gasteiger partial charge in [0.15, 0.2) is 0 Å². The van der Waals surface area contributed by atoms with Gasteiger partial charge in [0.1, 0.15) is 0 Å². The van der Waals surface area contributed by atoms with Gasteiger partial charge in [-0.1, -0.05) is 13.8 Å². The summed E-state index contributed by atoms with van der Waals surface area (Å²) in [6, 6.07) is 0. The topological polar surface area (TPSA) is 58.9 Å². The molecule has 0 saturated heterocycles. The summed E-state index contributed by atoms with van der Waals surface area (Å²) in [4.78, 5) is 21.3. The standard InChI is InChI=1S/C4H11O4PS/c1-4(2)3-7-8-9(5,6)10/h4H,3H2,1-2H3,(H2,5,6,10). The van der Waals surface area contributed by atoms with E-state index in [0.717, 1.165) is 0 Å². The number of rotatable bonds is 4. The largest absolute Gasteiger partial charge is 0.350 e. The van der Waals surface area contributed by atoms with Gasteiger partial charge in [0, 0.05) is 0 Å². The van der Waals surface area contributed by atoms with Crippen molar-refractivity contribution >= 4 is 18.5 Å². The van der Waals surface area contributed by atoms with Crippen LogP contribution in [0.3, 0.4) is 0 Å². The smallest absolute Gasteiger partial charge is 0.323 e. The minimum absolute atomic E-state index is 0.279. The Hall–Kier alpha value is 0.490. The third kappa shape index (κ3) is 8.49. The van der Waals surface area contributed by atoms with E-state index >= 15 is 0 Å². The van der Waals surface area contributed by atoms with E-state index < -0.39 is 6.72 Å². The third-order valence-corrected chi connectivity index (χ3v) is 1.03. The molecule has 0 aliphatic carbocycles. The third-order valence-electron chi connectivity index (χ3n) is 0.551. The van der Waals surface area contributed by atoms with Crippen molar-refractivity contribution < 1.29 is 19.3 Å². The van der Waals surface area contributed by atoms with Crippen LogP contribution in [0.4, 0.5) is 0 Å². The normalized spacial score (nSPS) is 12.5. The molecule has 0 unspecified atom stereocenters. The first-order valence-electron chi connectivity index (χ1n) is 2.78. The van der Waals surface area contributed by atoms with Gasteiger partial charge in [-0.05, 0) is 17.7 Å². The Morgan fingerprint density at radius 1 is 1.50 bits per heavy atom. The number of hydrogen-bond donors (Lipinski definition) is 2. The molecule has 0 rings (SSSR count). The van der Waals surface area contributed by atoms with E-state index in [0.29, 0.717) is 6.61 Å². The van der Waals surface area contributed by atoms with Crippen LogP contribution in [0.25, 0.3) is 0 Å². The molecule has 0 aromatic heterocycles. The first kappa shape index (κ1) is 10.5. The molecule has 0 bridgehead atoms. The summed E-state index contributed by atoms with van der Waals surface area (Å²) in [5.74, 6) is 0.279. The minimum Gasteiger partial charge on any atom is -0.323 e. The maximum atomic E-state index is 8.46. The van der Waals surface area contributed by atoms with Crippen LogP contribution in [0.5, 0.6) is 0 Å². The fourth-order valence-corrected chi connectivity index (χ4v) is 0.562. The molecular formula is C4H11O4PS. The van der Waals surface area contributed by atoms with Crippen LogP contribution in [-0.2, 0) is 21.4 Å². The molecule has 0 aromatic carbocycles. The average molecular weight is 186 g/mol. The van der Waals surface area contributed by atoms with E-state index in [2.05, 4.69) is 21.4 Å². The molecule has 0 aromatic rings. The van der Waals surface area contributed by atoms with Crippen molar-refractivity contribution in [3.63, 3.8) is 0 Å². The van der Waals surface area contributed by atoms with Crippen molar-refractivity contribution in [1.82, 2.24) is 0 Å². The molecule has 0 aliphatic rings. The second kappa shape index (κ2) is 4.38. The molecular weight excluding hydrogens is 175 g/mol. The molecule has 0 heterocycles. The second-order valence-electron chi connectivity index (χ2n) is 2.24. The van der Waals surface area contributed by atoms with Crippen LogP contribution in [0.2, 0.25) is 0 Å². The zero-order valence-electron chi connectivity index (χ0n) is 5.85. The quantitative estimate of drug-likeness (QED) is 0.386. The van der Waals surface area contributed by atoms with E-state index in [1.165, 1.54) is 0 Å². The van der Waals surface area contributed by atoms with E-state index in [4.69, 9.17) is 9.79 Å². The van der Waals surface area contributed by atoms with Crippen molar-refractivity contribution in [1.29, 1.82) is 0 Å². The highest BCUT2D eigenvalue weighted by atomic mass is 32.5. The molecule has 0 fully saturated rings. The van der Waals surface area contributed by atoms with Gasteiger partial charge in [-0.15, -0.1) is 4.67 Å². The maximum absolute atomic E-state index is 8.46. The summed E-state index contributed by atoms with van der Waals surface area (Å²) in [6.45, 7) is 0.503. The van der Waals surface area contributed by atoms with Crippen LogP contribution >= 0.6 is 6.72 Å². The fourth-order valence-electron chi connectivity index (χ4n) is 0.235. The van der Waals surface area contributed by atoms with Crippen molar-refractivity contribution in [2.24, 2.45) is 5.92 Å². The molecule has 4 nitrogen and oxygen atoms in total. The van der Waals surface area contributed by atoms with Gasteiger partial charge in [0.05, 0.1) is 6.61 Å². The summed E-state index contributed by atoms with van der Waals surface area (Å²) >= 11 is 4.11. The first-order chi connectivity index (χ1) is 4.42. The summed E-state index contributed by atoms with van der Waals surface area (Å²) in [6.07, 6.45) is 0. The summed E-state index contributed by atoms with van der Waals surface area (Å²) in [5, 5.41) is 0. The summed E-state index contributed by atoms with van der Waals surface area (Å²) in [7, 11) is 0. The van der Waals surface area contributed by atoms with Crippen LogP contribution in [-0.4, -0.2) is 16.4 Å². The van der Waals surface area contributed by atoms with Gasteiger partial charge in [-0.2, -0.15) is 0 Å². The van der Waals surface area contributed by atoms with Crippen molar-refractivity contribution in [2.75, 3.05) is 6.61 Å². The Morgan fingerprint density at radius 3 is 2.30 bits per heavy atom. The Bertz CT molecular complexity index is 131. The van der Waals surface area contributed by atoms with Gasteiger partial charge in [-0.3, -0.25) is 0 Å². The van der Waals surface area contributed by atoms with Crippen molar-refractivity contribution in [2.45, 2.75) is 13.8 Å². The molecule has 0 radical (unpaired) electrons. The minimum atomic E-state index is -3.61. The molecule has 0 atom stereocenters. The monoisotopic (exact) mass is 186 g/mol. The van der Waals surface area contributed by atoms with Gasteiger partial charge < -0.3 is 9.79 Å². The maximum Gasteiger partial charge on any atom is 0.350 e. The number of hydrogen-bond acceptors (Lipinski definition) is 3. The average Bonchev–Trinajstić information content (AvgIpc) is 1.59. The Labute approximate surface area is 65.0 Å². The molecule has 10 heavy (non-hydrogen) atoms. The van der Waals surface area contributed by atoms with Gasteiger partial charge in [0.2, 0.25) is 0 Å². The van der Waals surface area contributed by atoms with E-state index in [1.807, 2.05) is 13.8 Å². The molecule has 0 amide bonds. The Morgan fingerprint density at radius 2 is 2.00 bits per heavy atom. The van der Waals surface area contributed by atoms with Gasteiger partial charge in [0.25, 0.3) is 0 Å². The van der Waals surface area contributed by atoms with E-state index in [-0.39, 0.29) is 5.92 Å². The highest BCUT2D eigenvalue weighted by Crippen LogP contribution is 2.36. The highest BCUT2D eigenvalue weighted by Gasteiger charge is 2.08. The van der Waals surface area contributed by atoms with Crippen LogP contribution < -0.4 is 0 Å². The molecule has 0 spiro atoms. The van der Waals surface area contributed by atoms with E-state index in [1.54, 1.807) is 0 Å². The van der Waals surface area contributed by atoms with Gasteiger partial charge in [-0.25, -0.2) is 4.89 Å². The lowest BCUT2D eigenvalue weighted by Gasteiger charge is -2.08. The van der Waals surface area contributed by atoms with Crippen molar-refractivity contribution in [3.05, 3.63) is 0 Å². The molecule has 0 aliphatic heterocycles. The van der Waals surface area contributed by atoms with Gasteiger partial charge >= 0.3 is 6.72 Å². The summed E-state index contributed by atoms with van der Waals surface area (Å²) < 4.78 is 4.08. The fraction of sp³-hybridized carbons (Fsp3) is 1.00. The van der Waals surface area contributed by atoms with Crippen molar-refractivity contribution in [3.8, 4) is 0 Å². The summed E-state index contributed by atoms with van der Waals surface area (Å²) in [5.41, 5.74) is 0. The Balaban J connectivity index is 3.30. The zero-order valence-corrected chi connectivity index (χ0v) is 7.56.